The molecule has 0 saturated heterocycles. The highest BCUT2D eigenvalue weighted by Crippen LogP contribution is 2.42. The molecule has 19 heavy (non-hydrogen) atoms. The molecule has 0 aliphatic rings. The summed E-state index contributed by atoms with van der Waals surface area (Å²) >= 11 is 0. The molecule has 0 saturated carbocycles. The lowest BCUT2D eigenvalue weighted by Gasteiger charge is -2.37. The number of hydrogen-bond acceptors (Lipinski definition) is 1. The van der Waals surface area contributed by atoms with Crippen molar-refractivity contribution in [2.24, 2.45) is 0 Å². The van der Waals surface area contributed by atoms with Crippen molar-refractivity contribution in [2.75, 3.05) is 0 Å². The molecular weight excluding hydrogens is 248 g/mol. The van der Waals surface area contributed by atoms with E-state index in [1.165, 1.54) is 11.1 Å². The molecule has 0 atom stereocenters. The van der Waals surface area contributed by atoms with Crippen molar-refractivity contribution in [3.05, 3.63) is 41.7 Å². The maximum atomic E-state index is 6.16. The summed E-state index contributed by atoms with van der Waals surface area (Å²) in [5, 5.41) is 0.520. The number of rotatable bonds is 3. The van der Waals surface area contributed by atoms with Crippen LogP contribution < -0.4 is 0 Å². The zero-order valence-electron chi connectivity index (χ0n) is 13.4. The molecule has 0 bridgehead atoms. The second-order valence-electron chi connectivity index (χ2n) is 7.46. The molecule has 0 aliphatic heterocycles. The first-order valence-electron chi connectivity index (χ1n) is 6.99. The van der Waals surface area contributed by atoms with E-state index in [9.17, 15) is 0 Å². The van der Waals surface area contributed by atoms with Crippen LogP contribution in [0.1, 0.15) is 52.7 Å². The van der Waals surface area contributed by atoms with Gasteiger partial charge in [0, 0.05) is 0 Å². The van der Waals surface area contributed by atoms with Gasteiger partial charge in [0.05, 0.1) is 6.26 Å². The van der Waals surface area contributed by atoms with Gasteiger partial charge in [-0.3, -0.25) is 0 Å². The van der Waals surface area contributed by atoms with Gasteiger partial charge >= 0.3 is 0 Å². The molecule has 1 rings (SSSR count). The normalized spacial score (nSPS) is 13.3. The predicted octanol–water partition coefficient (Wildman–Crippen LogP) is 5.31. The Morgan fingerprint density at radius 2 is 1.37 bits per heavy atom. The van der Waals surface area contributed by atoms with Crippen LogP contribution in [-0.4, -0.2) is 9.04 Å². The minimum Gasteiger partial charge on any atom is -0.551 e. The standard InChI is InChI=1S/C17H28OSi/c1-14-8-10-15(11-9-14)12-13-18-19(16(2,3)4)17(5,6)7/h8-13,19H,1-7H3. The van der Waals surface area contributed by atoms with Crippen molar-refractivity contribution in [2.45, 2.75) is 58.5 Å². The van der Waals surface area contributed by atoms with Gasteiger partial charge in [0.1, 0.15) is 0 Å². The summed E-state index contributed by atoms with van der Waals surface area (Å²) in [6, 6.07) is 8.50. The van der Waals surface area contributed by atoms with Crippen LogP contribution in [0.15, 0.2) is 30.5 Å². The van der Waals surface area contributed by atoms with Crippen molar-refractivity contribution < 1.29 is 4.43 Å². The Kier molecular flexibility index (Phi) is 5.02. The monoisotopic (exact) mass is 276 g/mol. The molecule has 106 valence electrons. The summed E-state index contributed by atoms with van der Waals surface area (Å²) in [5.41, 5.74) is 2.48. The minimum atomic E-state index is -1.35. The number of aryl methyl sites for hydroxylation is 1. The molecule has 0 N–H and O–H groups in total. The largest absolute Gasteiger partial charge is 0.551 e. The molecule has 0 spiro atoms. The molecule has 0 heterocycles. The first-order chi connectivity index (χ1) is 8.60. The Morgan fingerprint density at radius 1 is 0.895 bits per heavy atom. The van der Waals surface area contributed by atoms with Crippen LogP contribution in [0.3, 0.4) is 0 Å². The maximum absolute atomic E-state index is 6.16. The van der Waals surface area contributed by atoms with Gasteiger partial charge in [-0.2, -0.15) is 0 Å². The first kappa shape index (κ1) is 16.0. The zero-order valence-corrected chi connectivity index (χ0v) is 14.6. The molecule has 0 fully saturated rings. The number of benzene rings is 1. The molecule has 1 nitrogen and oxygen atoms in total. The molecule has 1 aromatic carbocycles. The van der Waals surface area contributed by atoms with Crippen LogP contribution in [0.2, 0.25) is 10.1 Å². The predicted molar refractivity (Wildman–Crippen MR) is 87.9 cm³/mol. The lowest BCUT2D eigenvalue weighted by atomic mass is 10.1. The average Bonchev–Trinajstić information content (AvgIpc) is 2.23. The maximum Gasteiger partial charge on any atom is 0.245 e. The van der Waals surface area contributed by atoms with Gasteiger partial charge in [-0.15, -0.1) is 0 Å². The molecule has 0 amide bonds. The fraction of sp³-hybridized carbons (Fsp3) is 0.529. The van der Waals surface area contributed by atoms with E-state index >= 15 is 0 Å². The van der Waals surface area contributed by atoms with Crippen LogP contribution in [0.5, 0.6) is 0 Å². The summed E-state index contributed by atoms with van der Waals surface area (Å²) in [5.74, 6) is 0. The zero-order chi connectivity index (χ0) is 14.7. The van der Waals surface area contributed by atoms with Gasteiger partial charge in [-0.25, -0.2) is 0 Å². The van der Waals surface area contributed by atoms with E-state index in [-0.39, 0.29) is 10.1 Å². The van der Waals surface area contributed by atoms with Crippen molar-refractivity contribution in [3.8, 4) is 0 Å². The quantitative estimate of drug-likeness (QED) is 0.537. The van der Waals surface area contributed by atoms with E-state index in [1.54, 1.807) is 0 Å². The Balaban J connectivity index is 2.74. The van der Waals surface area contributed by atoms with Crippen LogP contribution >= 0.6 is 0 Å². The lowest BCUT2D eigenvalue weighted by Crippen LogP contribution is -2.36. The highest BCUT2D eigenvalue weighted by Gasteiger charge is 2.39. The Bertz CT molecular complexity index is 404. The highest BCUT2D eigenvalue weighted by atomic mass is 28.3. The van der Waals surface area contributed by atoms with E-state index in [4.69, 9.17) is 4.43 Å². The number of hydrogen-bond donors (Lipinski definition) is 0. The van der Waals surface area contributed by atoms with Crippen LogP contribution in [-0.2, 0) is 4.43 Å². The van der Waals surface area contributed by atoms with Crippen molar-refractivity contribution in [3.63, 3.8) is 0 Å². The molecular formula is C17H28OSi. The second-order valence-corrected chi connectivity index (χ2v) is 12.0. The smallest absolute Gasteiger partial charge is 0.245 e. The summed E-state index contributed by atoms with van der Waals surface area (Å²) in [7, 11) is -1.35. The average molecular weight is 276 g/mol. The summed E-state index contributed by atoms with van der Waals surface area (Å²) in [4.78, 5) is 0. The molecule has 0 radical (unpaired) electrons. The third kappa shape index (κ3) is 5.23. The van der Waals surface area contributed by atoms with Crippen LogP contribution in [0, 0.1) is 6.92 Å². The van der Waals surface area contributed by atoms with Gasteiger partial charge < -0.3 is 4.43 Å². The minimum absolute atomic E-state index is 0.260. The summed E-state index contributed by atoms with van der Waals surface area (Å²) < 4.78 is 6.16. The third-order valence-electron chi connectivity index (χ3n) is 3.13. The van der Waals surface area contributed by atoms with E-state index < -0.39 is 9.04 Å². The van der Waals surface area contributed by atoms with Gasteiger partial charge in [0.2, 0.25) is 9.04 Å². The Hall–Kier alpha value is -1.02. The van der Waals surface area contributed by atoms with E-state index in [0.29, 0.717) is 0 Å². The Morgan fingerprint density at radius 3 is 1.79 bits per heavy atom. The molecule has 0 aliphatic carbocycles. The van der Waals surface area contributed by atoms with Gasteiger partial charge in [0.15, 0.2) is 0 Å². The summed E-state index contributed by atoms with van der Waals surface area (Å²) in [6.45, 7) is 15.8. The topological polar surface area (TPSA) is 9.23 Å². The van der Waals surface area contributed by atoms with E-state index in [2.05, 4.69) is 78.8 Å². The Labute approximate surface area is 120 Å². The van der Waals surface area contributed by atoms with E-state index in [0.717, 1.165) is 0 Å². The molecule has 1 aromatic rings. The molecule has 2 heteroatoms. The van der Waals surface area contributed by atoms with Crippen LogP contribution in [0.4, 0.5) is 0 Å². The highest BCUT2D eigenvalue weighted by molar-refractivity contribution is 6.58. The second kappa shape index (κ2) is 5.95. The SMILES string of the molecule is Cc1ccc(C=CO[SiH](C(C)(C)C)C(C)(C)C)cc1. The first-order valence-corrected chi connectivity index (χ1v) is 8.62. The van der Waals surface area contributed by atoms with Gasteiger partial charge in [-0.05, 0) is 28.6 Å². The third-order valence-corrected chi connectivity index (χ3v) is 6.70. The fourth-order valence-corrected chi connectivity index (χ4v) is 6.23. The van der Waals surface area contributed by atoms with E-state index in [1.807, 2.05) is 6.26 Å². The van der Waals surface area contributed by atoms with Gasteiger partial charge in [-0.1, -0.05) is 71.4 Å². The summed E-state index contributed by atoms with van der Waals surface area (Å²) in [6.07, 6.45) is 3.97. The van der Waals surface area contributed by atoms with Crippen molar-refractivity contribution >= 4 is 15.1 Å². The molecule has 0 unspecified atom stereocenters. The van der Waals surface area contributed by atoms with Crippen molar-refractivity contribution in [1.82, 2.24) is 0 Å². The van der Waals surface area contributed by atoms with Crippen molar-refractivity contribution in [1.29, 1.82) is 0 Å². The molecule has 0 aromatic heterocycles. The lowest BCUT2D eigenvalue weighted by molar-refractivity contribution is 0.412. The fourth-order valence-electron chi connectivity index (χ4n) is 2.58. The van der Waals surface area contributed by atoms with Crippen LogP contribution in [0.25, 0.3) is 6.08 Å². The van der Waals surface area contributed by atoms with Gasteiger partial charge in [0.25, 0.3) is 0 Å².